The van der Waals surface area contributed by atoms with Crippen molar-refractivity contribution in [3.8, 4) is 0 Å². The van der Waals surface area contributed by atoms with Crippen molar-refractivity contribution in [2.24, 2.45) is 0 Å². The number of aromatic nitrogens is 1. The molecule has 0 fully saturated rings. The number of nitrogens with two attached hydrogens (primary N) is 2. The molecule has 0 saturated carbocycles. The number of halogens is 1. The Balaban J connectivity index is 2.25. The van der Waals surface area contributed by atoms with Crippen molar-refractivity contribution in [1.29, 1.82) is 0 Å². The summed E-state index contributed by atoms with van der Waals surface area (Å²) in [5.74, 6) is 0.207. The Hall–Kier alpha value is -2.04. The van der Waals surface area contributed by atoms with Crippen molar-refractivity contribution in [2.45, 2.75) is 6.42 Å². The van der Waals surface area contributed by atoms with Crippen LogP contribution in [0.4, 0.5) is 16.1 Å². The molecule has 0 radical (unpaired) electrons. The minimum atomic E-state index is -0.273. The van der Waals surface area contributed by atoms with E-state index in [2.05, 4.69) is 5.16 Å². The molecule has 2 aromatic rings. The summed E-state index contributed by atoms with van der Waals surface area (Å²) in [6, 6.07) is 6.10. The van der Waals surface area contributed by atoms with Gasteiger partial charge in [0.15, 0.2) is 5.82 Å². The first-order valence-electron chi connectivity index (χ1n) is 4.41. The fourth-order valence-corrected chi connectivity index (χ4v) is 1.32. The van der Waals surface area contributed by atoms with E-state index in [4.69, 9.17) is 16.0 Å². The number of nitrogen functional groups attached to an aromatic ring is 2. The van der Waals surface area contributed by atoms with Gasteiger partial charge in [-0.15, -0.1) is 0 Å². The molecule has 4 N–H and O–H groups in total. The van der Waals surface area contributed by atoms with E-state index in [1.165, 1.54) is 12.1 Å². The Bertz CT molecular complexity index is 445. The van der Waals surface area contributed by atoms with Crippen LogP contribution in [0.15, 0.2) is 28.8 Å². The lowest BCUT2D eigenvalue weighted by atomic mass is 10.1. The molecular formula is C10H10FN3O. The zero-order valence-electron chi connectivity index (χ0n) is 7.90. The molecule has 0 atom stereocenters. The van der Waals surface area contributed by atoms with Crippen LogP contribution in [0.25, 0.3) is 0 Å². The predicted molar refractivity (Wildman–Crippen MR) is 54.5 cm³/mol. The van der Waals surface area contributed by atoms with Crippen LogP contribution in [-0.2, 0) is 6.42 Å². The molecule has 0 aliphatic rings. The molecule has 0 aliphatic heterocycles. The largest absolute Gasteiger partial charge is 0.381 e. The summed E-state index contributed by atoms with van der Waals surface area (Å²) in [5.41, 5.74) is 12.6. The molecule has 4 nitrogen and oxygen atoms in total. The van der Waals surface area contributed by atoms with Gasteiger partial charge in [0.25, 0.3) is 0 Å². The van der Waals surface area contributed by atoms with Crippen LogP contribution < -0.4 is 11.5 Å². The summed E-state index contributed by atoms with van der Waals surface area (Å²) in [6.45, 7) is 0. The summed E-state index contributed by atoms with van der Waals surface area (Å²) in [7, 11) is 0. The van der Waals surface area contributed by atoms with Crippen LogP contribution >= 0.6 is 0 Å². The second kappa shape index (κ2) is 3.61. The summed E-state index contributed by atoms with van der Waals surface area (Å²) < 4.78 is 17.4. The molecule has 0 unspecified atom stereocenters. The van der Waals surface area contributed by atoms with Gasteiger partial charge in [-0.25, -0.2) is 4.39 Å². The Kier molecular flexibility index (Phi) is 2.29. The molecule has 0 aliphatic carbocycles. The normalized spacial score (nSPS) is 10.5. The molecule has 0 spiro atoms. The number of anilines is 2. The number of hydrogen-bond donors (Lipinski definition) is 2. The molecule has 1 aromatic heterocycles. The second-order valence-corrected chi connectivity index (χ2v) is 3.21. The highest BCUT2D eigenvalue weighted by atomic mass is 19.1. The van der Waals surface area contributed by atoms with Crippen LogP contribution in [0.1, 0.15) is 11.1 Å². The summed E-state index contributed by atoms with van der Waals surface area (Å²) in [6.07, 6.45) is 0.488. The molecule has 0 amide bonds. The van der Waals surface area contributed by atoms with Gasteiger partial charge >= 0.3 is 0 Å². The van der Waals surface area contributed by atoms with E-state index in [0.29, 0.717) is 12.0 Å². The molecule has 78 valence electrons. The highest BCUT2D eigenvalue weighted by Gasteiger charge is 2.10. The van der Waals surface area contributed by atoms with Crippen molar-refractivity contribution in [3.05, 3.63) is 41.2 Å². The first-order chi connectivity index (χ1) is 7.16. The second-order valence-electron chi connectivity index (χ2n) is 3.21. The highest BCUT2D eigenvalue weighted by Crippen LogP contribution is 2.21. The van der Waals surface area contributed by atoms with Gasteiger partial charge in [0.2, 0.25) is 5.88 Å². The van der Waals surface area contributed by atoms with Crippen LogP contribution in [0.3, 0.4) is 0 Å². The van der Waals surface area contributed by atoms with E-state index in [1.807, 2.05) is 0 Å². The molecule has 5 heteroatoms. The SMILES string of the molecule is Nc1noc(N)c1Cc1ccc(F)cc1. The molecule has 0 saturated heterocycles. The minimum absolute atomic E-state index is 0.205. The Morgan fingerprint density at radius 2 is 1.87 bits per heavy atom. The number of nitrogens with zero attached hydrogens (tertiary/aromatic N) is 1. The van der Waals surface area contributed by atoms with Gasteiger partial charge in [0.05, 0.1) is 5.56 Å². The maximum Gasteiger partial charge on any atom is 0.227 e. The summed E-state index contributed by atoms with van der Waals surface area (Å²) in [5, 5.41) is 3.53. The van der Waals surface area contributed by atoms with Crippen molar-refractivity contribution in [1.82, 2.24) is 5.16 Å². The Labute approximate surface area is 85.7 Å². The van der Waals surface area contributed by atoms with Crippen molar-refractivity contribution in [2.75, 3.05) is 11.5 Å². The van der Waals surface area contributed by atoms with Crippen LogP contribution in [0, 0.1) is 5.82 Å². The molecule has 1 aromatic carbocycles. The molecular weight excluding hydrogens is 197 g/mol. The number of hydrogen-bond acceptors (Lipinski definition) is 4. The molecule has 0 bridgehead atoms. The van der Waals surface area contributed by atoms with Crippen LogP contribution in [0.5, 0.6) is 0 Å². The third-order valence-corrected chi connectivity index (χ3v) is 2.14. The van der Waals surface area contributed by atoms with Gasteiger partial charge in [-0.1, -0.05) is 17.3 Å². The van der Waals surface area contributed by atoms with Gasteiger partial charge in [-0.2, -0.15) is 0 Å². The third-order valence-electron chi connectivity index (χ3n) is 2.14. The van der Waals surface area contributed by atoms with Gasteiger partial charge in [-0.05, 0) is 17.7 Å². The number of rotatable bonds is 2. The van der Waals surface area contributed by atoms with Gasteiger partial charge < -0.3 is 16.0 Å². The lowest BCUT2D eigenvalue weighted by molar-refractivity contribution is 0.439. The van der Waals surface area contributed by atoms with Gasteiger partial charge in [-0.3, -0.25) is 0 Å². The van der Waals surface area contributed by atoms with Crippen molar-refractivity contribution in [3.63, 3.8) is 0 Å². The highest BCUT2D eigenvalue weighted by molar-refractivity contribution is 5.52. The topological polar surface area (TPSA) is 78.1 Å². The Morgan fingerprint density at radius 3 is 2.40 bits per heavy atom. The Morgan fingerprint density at radius 1 is 1.20 bits per heavy atom. The fourth-order valence-electron chi connectivity index (χ4n) is 1.32. The molecule has 1 heterocycles. The lowest BCUT2D eigenvalue weighted by Crippen LogP contribution is -1.96. The quantitative estimate of drug-likeness (QED) is 0.783. The standard InChI is InChI=1S/C10H10FN3O/c11-7-3-1-6(2-4-7)5-8-9(12)14-15-10(8)13/h1-4H,5,13H2,(H2,12,14). The van der Waals surface area contributed by atoms with E-state index in [9.17, 15) is 4.39 Å². The maximum absolute atomic E-state index is 12.6. The number of benzene rings is 1. The van der Waals surface area contributed by atoms with Crippen molar-refractivity contribution < 1.29 is 8.91 Å². The average Bonchev–Trinajstić information content (AvgIpc) is 2.53. The van der Waals surface area contributed by atoms with Gasteiger partial charge in [0, 0.05) is 6.42 Å². The summed E-state index contributed by atoms with van der Waals surface area (Å²) >= 11 is 0. The average molecular weight is 207 g/mol. The van der Waals surface area contributed by atoms with E-state index in [0.717, 1.165) is 5.56 Å². The maximum atomic E-state index is 12.6. The fraction of sp³-hybridized carbons (Fsp3) is 0.100. The summed E-state index contributed by atoms with van der Waals surface area (Å²) in [4.78, 5) is 0. The zero-order chi connectivity index (χ0) is 10.8. The van der Waals surface area contributed by atoms with Gasteiger partial charge in [0.1, 0.15) is 5.82 Å². The zero-order valence-corrected chi connectivity index (χ0v) is 7.90. The van der Waals surface area contributed by atoms with E-state index >= 15 is 0 Å². The van der Waals surface area contributed by atoms with Crippen molar-refractivity contribution >= 4 is 11.7 Å². The lowest BCUT2D eigenvalue weighted by Gasteiger charge is -1.99. The van der Waals surface area contributed by atoms with E-state index in [1.54, 1.807) is 12.1 Å². The first-order valence-corrected chi connectivity index (χ1v) is 4.41. The third kappa shape index (κ3) is 1.90. The molecule has 2 rings (SSSR count). The molecule has 15 heavy (non-hydrogen) atoms. The van der Waals surface area contributed by atoms with E-state index in [-0.39, 0.29) is 17.5 Å². The minimum Gasteiger partial charge on any atom is -0.381 e. The van der Waals surface area contributed by atoms with Crippen LogP contribution in [0.2, 0.25) is 0 Å². The smallest absolute Gasteiger partial charge is 0.227 e. The predicted octanol–water partition coefficient (Wildman–Crippen LogP) is 1.57. The van der Waals surface area contributed by atoms with Crippen LogP contribution in [-0.4, -0.2) is 5.16 Å². The van der Waals surface area contributed by atoms with E-state index < -0.39 is 0 Å². The first kappa shape index (κ1) is 9.51. The monoisotopic (exact) mass is 207 g/mol.